The number of amides is 1. The van der Waals surface area contributed by atoms with Gasteiger partial charge in [-0.05, 0) is 67.9 Å². The summed E-state index contributed by atoms with van der Waals surface area (Å²) >= 11 is 0. The third-order valence-electron chi connectivity index (χ3n) is 6.46. The maximum atomic E-state index is 13.6. The number of hydrogen-bond donors (Lipinski definition) is 2. The molecule has 0 spiro atoms. The summed E-state index contributed by atoms with van der Waals surface area (Å²) in [6.07, 6.45) is -2.96. The number of anilines is 2. The number of pyridine rings is 1. The molecule has 5 rings (SSSR count). The lowest BCUT2D eigenvalue weighted by Gasteiger charge is -2.26. The van der Waals surface area contributed by atoms with Gasteiger partial charge >= 0.3 is 12.4 Å². The second-order valence-corrected chi connectivity index (χ2v) is 9.13. The lowest BCUT2D eigenvalue weighted by molar-refractivity contribution is -0.137. The molecule has 1 amide bonds. The molecule has 0 saturated carbocycles. The molecule has 2 aromatic heterocycles. The highest BCUT2D eigenvalue weighted by molar-refractivity contribution is 5.96. The van der Waals surface area contributed by atoms with E-state index in [1.807, 2.05) is 0 Å². The summed E-state index contributed by atoms with van der Waals surface area (Å²) in [4.78, 5) is 27.8. The smallest absolute Gasteiger partial charge is 0.379 e. The topological polar surface area (TPSA) is 83.0 Å². The Morgan fingerprint density at radius 3 is 2.28 bits per heavy atom. The van der Waals surface area contributed by atoms with Crippen molar-refractivity contribution < 1.29 is 31.1 Å². The molecule has 2 aliphatic heterocycles. The average Bonchev–Trinajstić information content (AvgIpc) is 2.92. The number of allylic oxidation sites excluding steroid dienone is 2. The van der Waals surface area contributed by atoms with Gasteiger partial charge < -0.3 is 15.5 Å². The Labute approximate surface area is 218 Å². The molecule has 0 bridgehead atoms. The molecule has 0 radical (unpaired) electrons. The molecule has 3 aromatic rings. The fourth-order valence-corrected chi connectivity index (χ4v) is 4.49. The van der Waals surface area contributed by atoms with Gasteiger partial charge in [-0.25, -0.2) is 15.0 Å². The van der Waals surface area contributed by atoms with Crippen LogP contribution in [0.25, 0.3) is 11.0 Å². The lowest BCUT2D eigenvalue weighted by atomic mass is 10.00. The van der Waals surface area contributed by atoms with Crippen LogP contribution < -0.4 is 10.6 Å². The minimum Gasteiger partial charge on any atom is -0.379 e. The van der Waals surface area contributed by atoms with Gasteiger partial charge in [0.15, 0.2) is 5.65 Å². The van der Waals surface area contributed by atoms with E-state index in [-0.39, 0.29) is 34.1 Å². The highest BCUT2D eigenvalue weighted by atomic mass is 19.4. The van der Waals surface area contributed by atoms with Crippen LogP contribution in [0.15, 0.2) is 60.3 Å². The number of rotatable bonds is 4. The van der Waals surface area contributed by atoms with Crippen molar-refractivity contribution in [3.05, 3.63) is 77.4 Å². The van der Waals surface area contributed by atoms with E-state index in [2.05, 4.69) is 25.6 Å². The van der Waals surface area contributed by atoms with E-state index in [0.717, 1.165) is 37.5 Å². The van der Waals surface area contributed by atoms with Gasteiger partial charge in [0.1, 0.15) is 5.82 Å². The molecule has 13 heteroatoms. The highest BCUT2D eigenvalue weighted by Crippen LogP contribution is 2.37. The molecule has 204 valence electrons. The van der Waals surface area contributed by atoms with Crippen LogP contribution in [0.1, 0.15) is 47.2 Å². The third kappa shape index (κ3) is 5.66. The fraction of sp³-hybridized carbons (Fsp3) is 0.308. The Hall–Kier alpha value is -4.16. The third-order valence-corrected chi connectivity index (χ3v) is 6.46. The number of nitrogens with one attached hydrogen (secondary N) is 2. The van der Waals surface area contributed by atoms with E-state index >= 15 is 0 Å². The SMILES string of the molecule is O=C(c1nc(Nc2ccc(C(F)(F)F)cc2)c2ccc(C3NC=CC=C3C(F)(F)F)nc2n1)N1CCCCC1. The Bertz CT molecular complexity index is 1440. The van der Waals surface area contributed by atoms with Crippen LogP contribution in [-0.2, 0) is 6.18 Å². The zero-order chi connectivity index (χ0) is 27.8. The van der Waals surface area contributed by atoms with Crippen molar-refractivity contribution >= 4 is 28.4 Å². The van der Waals surface area contributed by atoms with Gasteiger partial charge in [0.2, 0.25) is 5.82 Å². The lowest BCUT2D eigenvalue weighted by Crippen LogP contribution is -2.36. The normalized spacial score (nSPS) is 18.1. The quantitative estimate of drug-likeness (QED) is 0.386. The standard InChI is InChI=1S/C26H22F6N6O/c27-25(28,29)15-6-8-16(9-7-15)34-21-17-10-11-19(20-18(26(30,31)32)5-4-12-33-20)35-22(17)37-23(36-21)24(39)38-13-2-1-3-14-38/h4-12,20,33H,1-3,13-14H2,(H,34,35,36,37). The van der Waals surface area contributed by atoms with Crippen molar-refractivity contribution in [2.24, 2.45) is 0 Å². The zero-order valence-corrected chi connectivity index (χ0v) is 20.3. The maximum Gasteiger partial charge on any atom is 0.416 e. The Kier molecular flexibility index (Phi) is 6.91. The van der Waals surface area contributed by atoms with Crippen LogP contribution in [0.4, 0.5) is 37.8 Å². The largest absolute Gasteiger partial charge is 0.416 e. The molecule has 1 aromatic carbocycles. The average molecular weight is 548 g/mol. The van der Waals surface area contributed by atoms with Crippen LogP contribution >= 0.6 is 0 Å². The van der Waals surface area contributed by atoms with Crippen LogP contribution in [-0.4, -0.2) is 45.0 Å². The van der Waals surface area contributed by atoms with Crippen molar-refractivity contribution in [1.82, 2.24) is 25.2 Å². The molecular formula is C26H22F6N6O. The zero-order valence-electron chi connectivity index (χ0n) is 20.3. The first kappa shape index (κ1) is 26.4. The summed E-state index contributed by atoms with van der Waals surface area (Å²) in [5, 5.41) is 5.84. The number of halogens is 6. The molecule has 7 nitrogen and oxygen atoms in total. The molecular weight excluding hydrogens is 526 g/mol. The number of benzene rings is 1. The van der Waals surface area contributed by atoms with Crippen LogP contribution in [0.5, 0.6) is 0 Å². The second-order valence-electron chi connectivity index (χ2n) is 9.13. The van der Waals surface area contributed by atoms with Gasteiger partial charge in [-0.3, -0.25) is 4.79 Å². The maximum absolute atomic E-state index is 13.6. The van der Waals surface area contributed by atoms with Crippen molar-refractivity contribution in [1.29, 1.82) is 0 Å². The number of aromatic nitrogens is 3. The number of carbonyl (C=O) groups is 1. The molecule has 1 saturated heterocycles. The van der Waals surface area contributed by atoms with Gasteiger partial charge in [-0.15, -0.1) is 0 Å². The van der Waals surface area contributed by atoms with Gasteiger partial charge in [0.05, 0.1) is 28.3 Å². The van der Waals surface area contributed by atoms with Crippen molar-refractivity contribution in [2.75, 3.05) is 18.4 Å². The molecule has 4 heterocycles. The number of piperidine rings is 1. The second kappa shape index (κ2) is 10.2. The predicted molar refractivity (Wildman–Crippen MR) is 131 cm³/mol. The first-order valence-electron chi connectivity index (χ1n) is 12.1. The number of hydrogen-bond acceptors (Lipinski definition) is 6. The van der Waals surface area contributed by atoms with Crippen LogP contribution in [0.2, 0.25) is 0 Å². The Morgan fingerprint density at radius 2 is 1.62 bits per heavy atom. The number of fused-ring (bicyclic) bond motifs is 1. The van der Waals surface area contributed by atoms with Crippen molar-refractivity contribution in [2.45, 2.75) is 37.7 Å². The van der Waals surface area contributed by atoms with Gasteiger partial charge in [0, 0.05) is 18.8 Å². The van der Waals surface area contributed by atoms with Crippen molar-refractivity contribution in [3.63, 3.8) is 0 Å². The predicted octanol–water partition coefficient (Wildman–Crippen LogP) is 6.06. The Morgan fingerprint density at radius 1 is 0.897 bits per heavy atom. The number of nitrogens with zero attached hydrogens (tertiary/aromatic N) is 4. The van der Waals surface area contributed by atoms with Crippen LogP contribution in [0.3, 0.4) is 0 Å². The van der Waals surface area contributed by atoms with Gasteiger partial charge in [-0.2, -0.15) is 26.3 Å². The number of carbonyl (C=O) groups excluding carboxylic acids is 1. The fourth-order valence-electron chi connectivity index (χ4n) is 4.49. The van der Waals surface area contributed by atoms with Crippen molar-refractivity contribution in [3.8, 4) is 0 Å². The Balaban J connectivity index is 1.57. The van der Waals surface area contributed by atoms with Crippen LogP contribution in [0, 0.1) is 0 Å². The summed E-state index contributed by atoms with van der Waals surface area (Å²) < 4.78 is 79.9. The van der Waals surface area contributed by atoms with Gasteiger partial charge in [-0.1, -0.05) is 6.08 Å². The molecule has 39 heavy (non-hydrogen) atoms. The molecule has 2 aliphatic rings. The highest BCUT2D eigenvalue weighted by Gasteiger charge is 2.40. The number of alkyl halides is 6. The molecule has 1 atom stereocenters. The van der Waals surface area contributed by atoms with E-state index in [0.29, 0.717) is 13.1 Å². The monoisotopic (exact) mass is 548 g/mol. The minimum atomic E-state index is -4.62. The molecule has 1 unspecified atom stereocenters. The van der Waals surface area contributed by atoms with Gasteiger partial charge in [0.25, 0.3) is 5.91 Å². The number of dihydropyridines is 1. The van der Waals surface area contributed by atoms with E-state index in [9.17, 15) is 31.1 Å². The molecule has 1 fully saturated rings. The summed E-state index contributed by atoms with van der Waals surface area (Å²) in [6, 6.07) is 5.76. The minimum absolute atomic E-state index is 0.0194. The van der Waals surface area contributed by atoms with E-state index in [4.69, 9.17) is 0 Å². The molecule has 0 aliphatic carbocycles. The summed E-state index contributed by atoms with van der Waals surface area (Å²) in [6.45, 7) is 1.01. The summed E-state index contributed by atoms with van der Waals surface area (Å²) in [5.41, 5.74) is -1.44. The molecule has 2 N–H and O–H groups in total. The first-order chi connectivity index (χ1) is 18.5. The first-order valence-corrected chi connectivity index (χ1v) is 12.1. The number of likely N-dealkylation sites (tertiary alicyclic amines) is 1. The van der Waals surface area contributed by atoms with E-state index in [1.54, 1.807) is 4.90 Å². The van der Waals surface area contributed by atoms with E-state index < -0.39 is 35.4 Å². The summed E-state index contributed by atoms with van der Waals surface area (Å²) in [5.74, 6) is -0.595. The summed E-state index contributed by atoms with van der Waals surface area (Å²) in [7, 11) is 0. The van der Waals surface area contributed by atoms with E-state index in [1.165, 1.54) is 36.5 Å².